The Balaban J connectivity index is 1.80. The highest BCUT2D eigenvalue weighted by Gasteiger charge is 2.16. The van der Waals surface area contributed by atoms with E-state index < -0.39 is 0 Å². The predicted octanol–water partition coefficient (Wildman–Crippen LogP) is 1.61. The third-order valence-electron chi connectivity index (χ3n) is 4.17. The number of rotatable bonds is 6. The van der Waals surface area contributed by atoms with Crippen molar-refractivity contribution in [3.05, 3.63) is 65.5 Å². The van der Waals surface area contributed by atoms with Gasteiger partial charge in [-0.3, -0.25) is 0 Å². The van der Waals surface area contributed by atoms with E-state index in [9.17, 15) is 0 Å². The van der Waals surface area contributed by atoms with E-state index in [1.54, 1.807) is 0 Å². The monoisotopic (exact) mass is 352 g/mol. The molecule has 0 amide bonds. The van der Waals surface area contributed by atoms with E-state index in [1.165, 1.54) is 0 Å². The van der Waals surface area contributed by atoms with Crippen LogP contribution in [0, 0.1) is 0 Å². The largest absolute Gasteiger partial charge is 0.392 e. The van der Waals surface area contributed by atoms with Crippen LogP contribution in [0.25, 0.3) is 11.0 Å². The van der Waals surface area contributed by atoms with Crippen LogP contribution in [0.4, 0.5) is 0 Å². The number of aromatic nitrogens is 2. The number of oxime groups is 1. The van der Waals surface area contributed by atoms with E-state index in [0.717, 1.165) is 28.0 Å². The maximum Gasteiger partial charge on any atom is 0.170 e. The van der Waals surface area contributed by atoms with Crippen molar-refractivity contribution in [1.82, 2.24) is 9.55 Å². The molecule has 0 fully saturated rings. The Labute approximate surface area is 152 Å². The SMILES string of the molecule is CC(N)CO/N=C(\N)c1ccc(C(N)c2nc3ccccc3n2C)cc1. The molecule has 1 heterocycles. The first-order chi connectivity index (χ1) is 12.5. The Morgan fingerprint density at radius 2 is 1.85 bits per heavy atom. The van der Waals surface area contributed by atoms with Crippen molar-refractivity contribution >= 4 is 16.9 Å². The minimum Gasteiger partial charge on any atom is -0.392 e. The van der Waals surface area contributed by atoms with Gasteiger partial charge in [-0.05, 0) is 24.6 Å². The lowest BCUT2D eigenvalue weighted by molar-refractivity contribution is 0.133. The summed E-state index contributed by atoms with van der Waals surface area (Å²) >= 11 is 0. The lowest BCUT2D eigenvalue weighted by Crippen LogP contribution is -2.22. The Morgan fingerprint density at radius 1 is 1.15 bits per heavy atom. The average molecular weight is 352 g/mol. The van der Waals surface area contributed by atoms with Crippen LogP contribution in [0.1, 0.15) is 29.9 Å². The molecule has 0 aliphatic heterocycles. The number of para-hydroxylation sites is 2. The van der Waals surface area contributed by atoms with Crippen molar-refractivity contribution in [3.63, 3.8) is 0 Å². The molecule has 3 rings (SSSR count). The number of nitrogens with two attached hydrogens (primary N) is 3. The zero-order valence-electron chi connectivity index (χ0n) is 15.0. The lowest BCUT2D eigenvalue weighted by atomic mass is 10.0. The normalized spacial score (nSPS) is 14.4. The molecule has 2 aromatic carbocycles. The molecule has 0 aliphatic rings. The number of amidine groups is 1. The molecule has 7 heteroatoms. The fourth-order valence-corrected chi connectivity index (χ4v) is 2.73. The number of benzene rings is 2. The molecule has 2 unspecified atom stereocenters. The van der Waals surface area contributed by atoms with Gasteiger partial charge in [0.1, 0.15) is 12.4 Å². The highest BCUT2D eigenvalue weighted by Crippen LogP contribution is 2.23. The Kier molecular flexibility index (Phi) is 5.20. The molecule has 0 radical (unpaired) electrons. The second kappa shape index (κ2) is 7.55. The van der Waals surface area contributed by atoms with Gasteiger partial charge in [0.15, 0.2) is 5.84 Å². The van der Waals surface area contributed by atoms with Gasteiger partial charge in [-0.25, -0.2) is 4.98 Å². The number of aryl methyl sites for hydroxylation is 1. The first-order valence-corrected chi connectivity index (χ1v) is 8.45. The molecule has 2 atom stereocenters. The highest BCUT2D eigenvalue weighted by atomic mass is 16.6. The topological polar surface area (TPSA) is 117 Å². The van der Waals surface area contributed by atoms with Crippen molar-refractivity contribution in [3.8, 4) is 0 Å². The maximum atomic E-state index is 6.44. The molecular weight excluding hydrogens is 328 g/mol. The highest BCUT2D eigenvalue weighted by molar-refractivity contribution is 5.97. The molecule has 0 bridgehead atoms. The number of imidazole rings is 1. The van der Waals surface area contributed by atoms with Crippen molar-refractivity contribution in [2.45, 2.75) is 19.0 Å². The van der Waals surface area contributed by atoms with Crippen molar-refractivity contribution in [1.29, 1.82) is 0 Å². The minimum absolute atomic E-state index is 0.0970. The van der Waals surface area contributed by atoms with Crippen molar-refractivity contribution < 1.29 is 4.84 Å². The summed E-state index contributed by atoms with van der Waals surface area (Å²) in [5.74, 6) is 1.11. The van der Waals surface area contributed by atoms with Crippen LogP contribution in [0.3, 0.4) is 0 Å². The number of fused-ring (bicyclic) bond motifs is 1. The van der Waals surface area contributed by atoms with Gasteiger partial charge in [0.2, 0.25) is 0 Å². The molecule has 7 nitrogen and oxygen atoms in total. The van der Waals surface area contributed by atoms with Gasteiger partial charge in [-0.15, -0.1) is 0 Å². The Morgan fingerprint density at radius 3 is 2.50 bits per heavy atom. The summed E-state index contributed by atoms with van der Waals surface area (Å²) in [4.78, 5) is 9.77. The smallest absolute Gasteiger partial charge is 0.170 e. The summed E-state index contributed by atoms with van der Waals surface area (Å²) in [6.07, 6.45) is 0. The van der Waals surface area contributed by atoms with Gasteiger partial charge >= 0.3 is 0 Å². The summed E-state index contributed by atoms with van der Waals surface area (Å²) in [5.41, 5.74) is 21.7. The van der Waals surface area contributed by atoms with E-state index >= 15 is 0 Å². The van der Waals surface area contributed by atoms with Gasteiger partial charge in [-0.2, -0.15) is 0 Å². The van der Waals surface area contributed by atoms with E-state index in [-0.39, 0.29) is 12.1 Å². The van der Waals surface area contributed by atoms with Crippen molar-refractivity contribution in [2.24, 2.45) is 29.4 Å². The van der Waals surface area contributed by atoms with Crippen LogP contribution >= 0.6 is 0 Å². The molecular formula is C19H24N6O. The second-order valence-electron chi connectivity index (χ2n) is 6.37. The second-order valence-corrected chi connectivity index (χ2v) is 6.37. The summed E-state index contributed by atoms with van der Waals surface area (Å²) in [7, 11) is 1.97. The number of nitrogens with zero attached hydrogens (tertiary/aromatic N) is 3. The van der Waals surface area contributed by atoms with Gasteiger partial charge < -0.3 is 26.6 Å². The van der Waals surface area contributed by atoms with E-state index in [1.807, 2.05) is 67.1 Å². The van der Waals surface area contributed by atoms with E-state index in [0.29, 0.717) is 12.4 Å². The molecule has 3 aromatic rings. The van der Waals surface area contributed by atoms with Crippen LogP contribution in [0.2, 0.25) is 0 Å². The number of hydrogen-bond donors (Lipinski definition) is 3. The van der Waals surface area contributed by atoms with Crippen LogP contribution in [-0.2, 0) is 11.9 Å². The third kappa shape index (κ3) is 3.68. The van der Waals surface area contributed by atoms with Gasteiger partial charge in [0, 0.05) is 18.7 Å². The average Bonchev–Trinajstić information content (AvgIpc) is 2.98. The molecule has 26 heavy (non-hydrogen) atoms. The molecule has 6 N–H and O–H groups in total. The van der Waals surface area contributed by atoms with Crippen molar-refractivity contribution in [2.75, 3.05) is 6.61 Å². The summed E-state index contributed by atoms with van der Waals surface area (Å²) in [6, 6.07) is 15.1. The van der Waals surface area contributed by atoms with Crippen LogP contribution < -0.4 is 17.2 Å². The molecule has 0 aliphatic carbocycles. The summed E-state index contributed by atoms with van der Waals surface area (Å²) in [6.45, 7) is 2.15. The Bertz CT molecular complexity index is 913. The van der Waals surface area contributed by atoms with Crippen LogP contribution in [0.5, 0.6) is 0 Å². The summed E-state index contributed by atoms with van der Waals surface area (Å²) in [5, 5.41) is 3.88. The van der Waals surface area contributed by atoms with Gasteiger partial charge in [0.25, 0.3) is 0 Å². The number of hydrogen-bond acceptors (Lipinski definition) is 5. The molecule has 136 valence electrons. The molecule has 1 aromatic heterocycles. The third-order valence-corrected chi connectivity index (χ3v) is 4.17. The molecule has 0 spiro atoms. The molecule has 0 saturated heterocycles. The summed E-state index contributed by atoms with van der Waals surface area (Å²) < 4.78 is 2.02. The minimum atomic E-state index is -0.339. The van der Waals surface area contributed by atoms with E-state index in [4.69, 9.17) is 22.0 Å². The Hall–Kier alpha value is -2.90. The first kappa shape index (κ1) is 17.9. The zero-order chi connectivity index (χ0) is 18.7. The van der Waals surface area contributed by atoms with Crippen LogP contribution in [0.15, 0.2) is 53.7 Å². The van der Waals surface area contributed by atoms with Gasteiger partial charge in [0.05, 0.1) is 17.1 Å². The van der Waals surface area contributed by atoms with E-state index in [2.05, 4.69) is 10.1 Å². The standard InChI is InChI=1S/C19H24N6O/c1-12(20)11-26-24-18(22)14-9-7-13(8-10-14)17(21)19-23-15-5-3-4-6-16(15)25(19)2/h3-10,12,17H,11,20-21H2,1-2H3,(H2,22,24). The fraction of sp³-hybridized carbons (Fsp3) is 0.263. The first-order valence-electron chi connectivity index (χ1n) is 8.45. The lowest BCUT2D eigenvalue weighted by Gasteiger charge is -2.13. The maximum absolute atomic E-state index is 6.44. The van der Waals surface area contributed by atoms with Crippen LogP contribution in [-0.4, -0.2) is 28.0 Å². The quantitative estimate of drug-likeness (QED) is 0.354. The van der Waals surface area contributed by atoms with Gasteiger partial charge in [-0.1, -0.05) is 41.6 Å². The fourth-order valence-electron chi connectivity index (χ4n) is 2.73. The zero-order valence-corrected chi connectivity index (χ0v) is 15.0. The molecule has 0 saturated carbocycles. The predicted molar refractivity (Wildman–Crippen MR) is 104 cm³/mol.